The Morgan fingerprint density at radius 3 is 2.44 bits per heavy atom. The van der Waals surface area contributed by atoms with E-state index >= 15 is 0 Å². The second-order valence-corrected chi connectivity index (χ2v) is 11.8. The highest BCUT2D eigenvalue weighted by Gasteiger charge is 2.79. The molecule has 8 atom stereocenters. The maximum atomic E-state index is 2.72. The van der Waals surface area contributed by atoms with Gasteiger partial charge in [-0.3, -0.25) is 0 Å². The molecule has 0 amide bonds. The summed E-state index contributed by atoms with van der Waals surface area (Å²) in [6.07, 6.45) is 11.9. The Bertz CT molecular complexity index is 626. The predicted molar refractivity (Wildman–Crippen MR) is 106 cm³/mol. The molecular formula is C25H40. The van der Waals surface area contributed by atoms with E-state index in [1.807, 2.05) is 11.1 Å². The molecule has 5 aliphatic carbocycles. The minimum absolute atomic E-state index is 0.593. The Morgan fingerprint density at radius 1 is 0.960 bits per heavy atom. The quantitative estimate of drug-likeness (QED) is 0.441. The van der Waals surface area contributed by atoms with Gasteiger partial charge in [0.15, 0.2) is 0 Å². The fourth-order valence-electron chi connectivity index (χ4n) is 9.42. The van der Waals surface area contributed by atoms with Crippen LogP contribution in [0.15, 0.2) is 11.1 Å². The zero-order chi connectivity index (χ0) is 17.8. The van der Waals surface area contributed by atoms with E-state index in [4.69, 9.17) is 0 Å². The van der Waals surface area contributed by atoms with Crippen LogP contribution in [0.25, 0.3) is 0 Å². The third-order valence-corrected chi connectivity index (χ3v) is 10.9. The van der Waals surface area contributed by atoms with Crippen LogP contribution < -0.4 is 0 Å². The minimum Gasteiger partial charge on any atom is -0.0670 e. The van der Waals surface area contributed by atoms with Crippen LogP contribution in [0, 0.1) is 51.8 Å². The van der Waals surface area contributed by atoms with Crippen molar-refractivity contribution < 1.29 is 0 Å². The molecule has 0 aromatic rings. The van der Waals surface area contributed by atoms with Gasteiger partial charge in [-0.1, -0.05) is 52.7 Å². The molecule has 3 fully saturated rings. The maximum absolute atomic E-state index is 2.72. The molecule has 0 aliphatic heterocycles. The van der Waals surface area contributed by atoms with Crippen molar-refractivity contribution >= 4 is 0 Å². The summed E-state index contributed by atoms with van der Waals surface area (Å²) in [5.74, 6) is 5.69. The second-order valence-electron chi connectivity index (χ2n) is 11.8. The first-order chi connectivity index (χ1) is 11.8. The van der Waals surface area contributed by atoms with Gasteiger partial charge >= 0.3 is 0 Å². The van der Waals surface area contributed by atoms with E-state index in [9.17, 15) is 0 Å². The molecule has 0 bridgehead atoms. The van der Waals surface area contributed by atoms with E-state index in [0.717, 1.165) is 35.5 Å². The van der Waals surface area contributed by atoms with Crippen LogP contribution in [0.4, 0.5) is 0 Å². The first-order valence-corrected chi connectivity index (χ1v) is 11.5. The zero-order valence-electron chi connectivity index (χ0n) is 17.6. The monoisotopic (exact) mass is 340 g/mol. The topological polar surface area (TPSA) is 0 Å². The Labute approximate surface area is 156 Å². The number of hydrogen-bond acceptors (Lipinski definition) is 0. The lowest BCUT2D eigenvalue weighted by molar-refractivity contribution is 0.137. The average molecular weight is 341 g/mol. The Balaban J connectivity index is 1.59. The molecule has 5 rings (SSSR count). The standard InChI is InChI=1S/C25H40/c1-15(2)18-10-11-23(5)14-19-16(3)9-12-25-17(4)7-8-22(25)24(25,6)21(19)13-20(18)23/h15-18,20,22H,7-14H2,1-6H3/t16-,17-,18+,20-,22-,23+,24-,25-/m1/s1. The van der Waals surface area contributed by atoms with Crippen LogP contribution in [-0.2, 0) is 0 Å². The van der Waals surface area contributed by atoms with Gasteiger partial charge in [0.2, 0.25) is 0 Å². The normalized spacial score (nSPS) is 57.0. The van der Waals surface area contributed by atoms with Gasteiger partial charge in [0, 0.05) is 0 Å². The summed E-state index contributed by atoms with van der Waals surface area (Å²) in [5, 5.41) is 0. The maximum Gasteiger partial charge on any atom is -0.00177 e. The first-order valence-electron chi connectivity index (χ1n) is 11.5. The van der Waals surface area contributed by atoms with Crippen molar-refractivity contribution in [1.29, 1.82) is 0 Å². The van der Waals surface area contributed by atoms with E-state index < -0.39 is 0 Å². The summed E-state index contributed by atoms with van der Waals surface area (Å²) in [4.78, 5) is 0. The van der Waals surface area contributed by atoms with Gasteiger partial charge in [-0.15, -0.1) is 0 Å². The third-order valence-electron chi connectivity index (χ3n) is 10.9. The highest BCUT2D eigenvalue weighted by atomic mass is 14.8. The molecule has 0 aromatic heterocycles. The molecule has 140 valence electrons. The van der Waals surface area contributed by atoms with Crippen LogP contribution in [-0.4, -0.2) is 0 Å². The van der Waals surface area contributed by atoms with Crippen molar-refractivity contribution in [3.8, 4) is 0 Å². The lowest BCUT2D eigenvalue weighted by atomic mass is 9.60. The van der Waals surface area contributed by atoms with Crippen molar-refractivity contribution in [1.82, 2.24) is 0 Å². The number of rotatable bonds is 1. The van der Waals surface area contributed by atoms with Gasteiger partial charge in [0.25, 0.3) is 0 Å². The zero-order valence-corrected chi connectivity index (χ0v) is 17.6. The fraction of sp³-hybridized carbons (Fsp3) is 0.920. The van der Waals surface area contributed by atoms with Crippen LogP contribution in [0.5, 0.6) is 0 Å². The Kier molecular flexibility index (Phi) is 3.35. The minimum atomic E-state index is 0.593. The van der Waals surface area contributed by atoms with Gasteiger partial charge in [-0.25, -0.2) is 0 Å². The van der Waals surface area contributed by atoms with Crippen molar-refractivity contribution in [3.05, 3.63) is 11.1 Å². The van der Waals surface area contributed by atoms with Crippen molar-refractivity contribution in [2.24, 2.45) is 51.8 Å². The summed E-state index contributed by atoms with van der Waals surface area (Å²) in [5.41, 5.74) is 5.90. The summed E-state index contributed by atoms with van der Waals surface area (Å²) in [7, 11) is 0. The summed E-state index contributed by atoms with van der Waals surface area (Å²) in [6.45, 7) is 15.5. The molecule has 0 nitrogen and oxygen atoms in total. The van der Waals surface area contributed by atoms with Crippen LogP contribution in [0.1, 0.15) is 92.9 Å². The largest absolute Gasteiger partial charge is 0.0670 e. The van der Waals surface area contributed by atoms with E-state index in [0.29, 0.717) is 16.2 Å². The molecule has 0 N–H and O–H groups in total. The molecule has 1 spiro atoms. The SMILES string of the molecule is CC(C)[C@@H]1CC[C@@]2(C)CC3=C(C[C@H]12)[C@]1(C)[C@H]2CC[C@@H](C)[C@]21CC[C@H]3C. The van der Waals surface area contributed by atoms with Crippen LogP contribution in [0.2, 0.25) is 0 Å². The molecule has 0 unspecified atom stereocenters. The van der Waals surface area contributed by atoms with E-state index in [-0.39, 0.29) is 0 Å². The molecule has 5 aliphatic rings. The number of fused-ring (bicyclic) bond motifs is 3. The van der Waals surface area contributed by atoms with Crippen molar-refractivity contribution in [3.63, 3.8) is 0 Å². The van der Waals surface area contributed by atoms with Crippen molar-refractivity contribution in [2.45, 2.75) is 92.9 Å². The average Bonchev–Trinajstić information content (AvgIpc) is 2.80. The number of allylic oxidation sites excluding steroid dienone is 2. The summed E-state index contributed by atoms with van der Waals surface area (Å²) >= 11 is 0. The fourth-order valence-corrected chi connectivity index (χ4v) is 9.42. The Hall–Kier alpha value is -0.260. The summed E-state index contributed by atoms with van der Waals surface area (Å²) in [6, 6.07) is 0. The molecule has 0 radical (unpaired) electrons. The van der Waals surface area contributed by atoms with Gasteiger partial charge in [0.05, 0.1) is 0 Å². The van der Waals surface area contributed by atoms with E-state index in [1.54, 1.807) is 0 Å². The first kappa shape index (κ1) is 16.9. The van der Waals surface area contributed by atoms with Crippen LogP contribution >= 0.6 is 0 Å². The number of hydrogen-bond donors (Lipinski definition) is 0. The third kappa shape index (κ3) is 1.81. The lowest BCUT2D eigenvalue weighted by Gasteiger charge is -2.45. The van der Waals surface area contributed by atoms with Gasteiger partial charge in [-0.05, 0) is 103 Å². The van der Waals surface area contributed by atoms with Crippen molar-refractivity contribution in [2.75, 3.05) is 0 Å². The molecule has 0 aromatic carbocycles. The van der Waals surface area contributed by atoms with Gasteiger partial charge in [-0.2, -0.15) is 0 Å². The van der Waals surface area contributed by atoms with Gasteiger partial charge < -0.3 is 0 Å². The Morgan fingerprint density at radius 2 is 1.72 bits per heavy atom. The van der Waals surface area contributed by atoms with E-state index in [2.05, 4.69) is 41.5 Å². The molecule has 0 saturated heterocycles. The predicted octanol–water partition coefficient (Wildman–Crippen LogP) is 7.25. The van der Waals surface area contributed by atoms with E-state index in [1.165, 1.54) is 51.4 Å². The summed E-state index contributed by atoms with van der Waals surface area (Å²) < 4.78 is 0. The highest BCUT2D eigenvalue weighted by Crippen LogP contribution is 2.85. The van der Waals surface area contributed by atoms with Crippen LogP contribution in [0.3, 0.4) is 0 Å². The molecular weight excluding hydrogens is 300 g/mol. The van der Waals surface area contributed by atoms with Gasteiger partial charge in [0.1, 0.15) is 0 Å². The molecule has 25 heavy (non-hydrogen) atoms. The molecule has 0 heterocycles. The smallest absolute Gasteiger partial charge is 0.00177 e. The lowest BCUT2D eigenvalue weighted by Crippen LogP contribution is -2.35. The highest BCUT2D eigenvalue weighted by molar-refractivity contribution is 5.44. The molecule has 0 heteroatoms. The molecule has 3 saturated carbocycles. The second kappa shape index (κ2) is 4.96.